The zero-order valence-electron chi connectivity index (χ0n) is 11.5. The molecule has 1 fully saturated rings. The van der Waals surface area contributed by atoms with Crippen LogP contribution in [0.15, 0.2) is 29.2 Å². The molecule has 1 N–H and O–H groups in total. The predicted octanol–water partition coefficient (Wildman–Crippen LogP) is 3.01. The summed E-state index contributed by atoms with van der Waals surface area (Å²) in [6.07, 6.45) is 3.74. The molecule has 0 unspecified atom stereocenters. The first-order valence-electron chi connectivity index (χ1n) is 6.73. The van der Waals surface area contributed by atoms with E-state index in [2.05, 4.69) is 35.8 Å². The number of hydrogen-bond acceptors (Lipinski definition) is 3. The van der Waals surface area contributed by atoms with Crippen LogP contribution in [0.5, 0.6) is 0 Å². The monoisotopic (exact) mass is 279 g/mol. The van der Waals surface area contributed by atoms with Crippen LogP contribution in [0.2, 0.25) is 0 Å². The number of carbonyl (C=O) groups is 1. The van der Waals surface area contributed by atoms with Crippen molar-refractivity contribution in [3.63, 3.8) is 0 Å². The maximum absolute atomic E-state index is 12.1. The number of benzene rings is 1. The fourth-order valence-electron chi connectivity index (χ4n) is 2.27. The van der Waals surface area contributed by atoms with Gasteiger partial charge in [0.2, 0.25) is 5.91 Å². The normalized spacial score (nSPS) is 18.0. The second kappa shape index (κ2) is 6.96. The van der Waals surface area contributed by atoms with Gasteiger partial charge in [0.1, 0.15) is 0 Å². The van der Waals surface area contributed by atoms with Gasteiger partial charge in [0.25, 0.3) is 0 Å². The highest BCUT2D eigenvalue weighted by molar-refractivity contribution is 7.98. The molecule has 0 aliphatic carbocycles. The summed E-state index contributed by atoms with van der Waals surface area (Å²) in [5.74, 6) is 0.270. The van der Waals surface area contributed by atoms with E-state index < -0.39 is 0 Å². The second-order valence-electron chi connectivity index (χ2n) is 4.89. The topological polar surface area (TPSA) is 38.3 Å². The molecule has 1 aromatic rings. The molecule has 0 aromatic heterocycles. The number of amides is 1. The Labute approximate surface area is 119 Å². The molecular weight excluding hydrogens is 258 g/mol. The molecule has 19 heavy (non-hydrogen) atoms. The van der Waals surface area contributed by atoms with E-state index in [1.165, 1.54) is 4.90 Å². The van der Waals surface area contributed by atoms with Crippen LogP contribution in [0, 0.1) is 5.92 Å². The number of ether oxygens (including phenoxy) is 1. The fourth-order valence-corrected chi connectivity index (χ4v) is 2.68. The van der Waals surface area contributed by atoms with Crippen molar-refractivity contribution in [1.29, 1.82) is 0 Å². The van der Waals surface area contributed by atoms with Crippen molar-refractivity contribution in [3.8, 4) is 0 Å². The van der Waals surface area contributed by atoms with E-state index in [9.17, 15) is 4.79 Å². The quantitative estimate of drug-likeness (QED) is 0.861. The summed E-state index contributed by atoms with van der Waals surface area (Å²) in [5, 5.41) is 3.10. The zero-order chi connectivity index (χ0) is 13.7. The van der Waals surface area contributed by atoms with Crippen LogP contribution >= 0.6 is 11.8 Å². The third-order valence-corrected chi connectivity index (χ3v) is 4.31. The Balaban J connectivity index is 1.91. The Morgan fingerprint density at radius 1 is 1.32 bits per heavy atom. The van der Waals surface area contributed by atoms with Crippen LogP contribution in [0.3, 0.4) is 0 Å². The van der Waals surface area contributed by atoms with Crippen LogP contribution in [0.25, 0.3) is 0 Å². The molecule has 104 valence electrons. The summed E-state index contributed by atoms with van der Waals surface area (Å²) in [7, 11) is 0. The summed E-state index contributed by atoms with van der Waals surface area (Å²) in [6, 6.07) is 8.42. The van der Waals surface area contributed by atoms with Crippen molar-refractivity contribution < 1.29 is 9.53 Å². The van der Waals surface area contributed by atoms with Gasteiger partial charge >= 0.3 is 0 Å². The van der Waals surface area contributed by atoms with Crippen LogP contribution in [0.4, 0.5) is 0 Å². The molecular formula is C15H21NO2S. The van der Waals surface area contributed by atoms with Gasteiger partial charge in [-0.05, 0) is 43.7 Å². The number of nitrogens with one attached hydrogen (secondary N) is 1. The van der Waals surface area contributed by atoms with Gasteiger partial charge in [-0.3, -0.25) is 4.79 Å². The Morgan fingerprint density at radius 2 is 1.95 bits per heavy atom. The molecule has 1 heterocycles. The average molecular weight is 279 g/mol. The largest absolute Gasteiger partial charge is 0.381 e. The molecule has 2 rings (SSSR count). The first-order valence-corrected chi connectivity index (χ1v) is 7.95. The molecule has 1 aliphatic heterocycles. The summed E-state index contributed by atoms with van der Waals surface area (Å²) < 4.78 is 5.28. The molecule has 1 amide bonds. The molecule has 3 nitrogen and oxygen atoms in total. The van der Waals surface area contributed by atoms with Gasteiger partial charge in [-0.25, -0.2) is 0 Å². The van der Waals surface area contributed by atoms with Gasteiger partial charge in [0.05, 0.1) is 6.04 Å². The van der Waals surface area contributed by atoms with Crippen molar-refractivity contribution in [3.05, 3.63) is 29.8 Å². The fraction of sp³-hybridized carbons (Fsp3) is 0.533. The Kier molecular flexibility index (Phi) is 5.28. The molecule has 4 heteroatoms. The van der Waals surface area contributed by atoms with Crippen LogP contribution in [-0.2, 0) is 9.53 Å². The van der Waals surface area contributed by atoms with E-state index in [4.69, 9.17) is 4.74 Å². The lowest BCUT2D eigenvalue weighted by molar-refractivity contribution is -0.128. The van der Waals surface area contributed by atoms with Gasteiger partial charge in [-0.2, -0.15) is 0 Å². The van der Waals surface area contributed by atoms with Crippen molar-refractivity contribution in [2.45, 2.75) is 30.7 Å². The second-order valence-corrected chi connectivity index (χ2v) is 5.77. The van der Waals surface area contributed by atoms with E-state index >= 15 is 0 Å². The van der Waals surface area contributed by atoms with Gasteiger partial charge in [-0.15, -0.1) is 11.8 Å². The first kappa shape index (κ1) is 14.4. The van der Waals surface area contributed by atoms with E-state index in [1.807, 2.05) is 6.92 Å². The van der Waals surface area contributed by atoms with E-state index in [-0.39, 0.29) is 17.9 Å². The first-order chi connectivity index (χ1) is 9.20. The maximum atomic E-state index is 12.1. The molecule has 1 saturated heterocycles. The van der Waals surface area contributed by atoms with E-state index in [0.717, 1.165) is 18.4 Å². The Hall–Kier alpha value is -1.00. The zero-order valence-corrected chi connectivity index (χ0v) is 12.3. The molecule has 1 aliphatic rings. The standard InChI is InChI=1S/C15H21NO2S/c1-11(12-3-5-14(19-2)6-4-12)16-15(17)13-7-9-18-10-8-13/h3-6,11,13H,7-10H2,1-2H3,(H,16,17)/t11-/m0/s1. The summed E-state index contributed by atoms with van der Waals surface area (Å²) >= 11 is 1.72. The summed E-state index contributed by atoms with van der Waals surface area (Å²) in [6.45, 7) is 3.44. The Bertz CT molecular complexity index is 413. The highest BCUT2D eigenvalue weighted by atomic mass is 32.2. The highest BCUT2D eigenvalue weighted by Gasteiger charge is 2.22. The SMILES string of the molecule is CSc1ccc([C@H](C)NC(=O)C2CCOCC2)cc1. The van der Waals surface area contributed by atoms with Gasteiger partial charge in [-0.1, -0.05) is 12.1 Å². The smallest absolute Gasteiger partial charge is 0.223 e. The third kappa shape index (κ3) is 3.98. The van der Waals surface area contributed by atoms with E-state index in [0.29, 0.717) is 13.2 Å². The van der Waals surface area contributed by atoms with Crippen LogP contribution < -0.4 is 5.32 Å². The van der Waals surface area contributed by atoms with E-state index in [1.54, 1.807) is 11.8 Å². The van der Waals surface area contributed by atoms with Crippen molar-refractivity contribution in [2.24, 2.45) is 5.92 Å². The lowest BCUT2D eigenvalue weighted by Gasteiger charge is -2.23. The van der Waals surface area contributed by atoms with Crippen molar-refractivity contribution >= 4 is 17.7 Å². The average Bonchev–Trinajstić information content (AvgIpc) is 2.48. The third-order valence-electron chi connectivity index (χ3n) is 3.57. The summed E-state index contributed by atoms with van der Waals surface area (Å²) in [5.41, 5.74) is 1.15. The van der Waals surface area contributed by atoms with Crippen LogP contribution in [-0.4, -0.2) is 25.4 Å². The minimum absolute atomic E-state index is 0.0613. The Morgan fingerprint density at radius 3 is 2.53 bits per heavy atom. The lowest BCUT2D eigenvalue weighted by Crippen LogP contribution is -2.35. The molecule has 0 bridgehead atoms. The molecule has 0 saturated carbocycles. The minimum Gasteiger partial charge on any atom is -0.381 e. The van der Waals surface area contributed by atoms with Crippen LogP contribution in [0.1, 0.15) is 31.4 Å². The predicted molar refractivity (Wildman–Crippen MR) is 78.3 cm³/mol. The molecule has 0 radical (unpaired) electrons. The minimum atomic E-state index is 0.0613. The van der Waals surface area contributed by atoms with Crippen molar-refractivity contribution in [2.75, 3.05) is 19.5 Å². The molecule has 1 aromatic carbocycles. The van der Waals surface area contributed by atoms with Gasteiger partial charge in [0.15, 0.2) is 0 Å². The molecule has 1 atom stereocenters. The van der Waals surface area contributed by atoms with Crippen molar-refractivity contribution in [1.82, 2.24) is 5.32 Å². The number of thioether (sulfide) groups is 1. The number of carbonyl (C=O) groups excluding carboxylic acids is 1. The maximum Gasteiger partial charge on any atom is 0.223 e. The summed E-state index contributed by atoms with van der Waals surface area (Å²) in [4.78, 5) is 13.4. The van der Waals surface area contributed by atoms with Gasteiger partial charge < -0.3 is 10.1 Å². The number of rotatable bonds is 4. The van der Waals surface area contributed by atoms with Gasteiger partial charge in [0, 0.05) is 24.0 Å². The molecule has 0 spiro atoms. The number of hydrogen-bond donors (Lipinski definition) is 1. The highest BCUT2D eigenvalue weighted by Crippen LogP contribution is 2.20. The lowest BCUT2D eigenvalue weighted by atomic mass is 9.98.